The number of anilines is 1. The van der Waals surface area contributed by atoms with Crippen molar-refractivity contribution in [3.63, 3.8) is 0 Å². The number of hydrogen-bond donors (Lipinski definition) is 1. The number of nitrogen functional groups attached to an aromatic ring is 1. The third-order valence-corrected chi connectivity index (χ3v) is 3.96. The normalized spacial score (nSPS) is 11.0. The van der Waals surface area contributed by atoms with Gasteiger partial charge in [-0.2, -0.15) is 0 Å². The van der Waals surface area contributed by atoms with Crippen LogP contribution < -0.4 is 24.7 Å². The maximum Gasteiger partial charge on any atom is 0.203 e. The minimum atomic E-state index is -0.139. The van der Waals surface area contributed by atoms with Crippen LogP contribution in [0.15, 0.2) is 35.9 Å². The van der Waals surface area contributed by atoms with Gasteiger partial charge in [-0.1, -0.05) is 0 Å². The molecule has 0 amide bonds. The van der Waals surface area contributed by atoms with Crippen LogP contribution in [0.25, 0.3) is 6.08 Å². The third kappa shape index (κ3) is 3.74. The molecule has 2 aromatic rings. The van der Waals surface area contributed by atoms with Gasteiger partial charge in [-0.05, 0) is 48.9 Å². The smallest absolute Gasteiger partial charge is 0.203 e. The number of Topliss-reactive ketones (excluding diaryl/α,β-unsaturated/α-hetero) is 1. The van der Waals surface area contributed by atoms with Gasteiger partial charge in [0, 0.05) is 11.1 Å². The summed E-state index contributed by atoms with van der Waals surface area (Å²) in [5.74, 6) is 1.84. The van der Waals surface area contributed by atoms with Crippen molar-refractivity contribution in [2.45, 2.75) is 6.92 Å². The van der Waals surface area contributed by atoms with Gasteiger partial charge in [-0.25, -0.2) is 0 Å². The van der Waals surface area contributed by atoms with Crippen molar-refractivity contribution < 1.29 is 23.7 Å². The van der Waals surface area contributed by atoms with Crippen molar-refractivity contribution in [1.82, 2.24) is 0 Å². The molecule has 0 radical (unpaired) electrons. The molecule has 0 unspecified atom stereocenters. The molecule has 0 fully saturated rings. The Kier molecular flexibility index (Phi) is 6.11. The van der Waals surface area contributed by atoms with Crippen molar-refractivity contribution in [2.24, 2.45) is 0 Å². The second kappa shape index (κ2) is 8.29. The van der Waals surface area contributed by atoms with Crippen molar-refractivity contribution in [2.75, 3.05) is 34.2 Å². The first-order valence-corrected chi connectivity index (χ1v) is 7.92. The number of ether oxygens (including phenoxy) is 4. The van der Waals surface area contributed by atoms with Crippen LogP contribution in [0.1, 0.15) is 22.8 Å². The second-order valence-electron chi connectivity index (χ2n) is 5.54. The van der Waals surface area contributed by atoms with E-state index >= 15 is 0 Å². The first kappa shape index (κ1) is 19.2. The first-order valence-electron chi connectivity index (χ1n) is 7.92. The molecular formula is C20H23NO5. The lowest BCUT2D eigenvalue weighted by Gasteiger charge is -2.14. The fraction of sp³-hybridized carbons (Fsp3) is 0.250. The maximum atomic E-state index is 12.7. The van der Waals surface area contributed by atoms with Crippen molar-refractivity contribution in [3.8, 4) is 23.0 Å². The van der Waals surface area contributed by atoms with Crippen LogP contribution in [0.2, 0.25) is 0 Å². The van der Waals surface area contributed by atoms with Gasteiger partial charge in [0.15, 0.2) is 17.3 Å². The molecule has 0 saturated heterocycles. The van der Waals surface area contributed by atoms with Gasteiger partial charge in [0.2, 0.25) is 5.75 Å². The van der Waals surface area contributed by atoms with E-state index in [0.717, 1.165) is 0 Å². The highest BCUT2D eigenvalue weighted by atomic mass is 16.5. The Hall–Kier alpha value is -3.15. The number of rotatable bonds is 7. The van der Waals surface area contributed by atoms with Gasteiger partial charge >= 0.3 is 0 Å². The van der Waals surface area contributed by atoms with Crippen molar-refractivity contribution >= 4 is 17.5 Å². The van der Waals surface area contributed by atoms with Crippen molar-refractivity contribution in [3.05, 3.63) is 47.0 Å². The van der Waals surface area contributed by atoms with Gasteiger partial charge in [-0.15, -0.1) is 0 Å². The largest absolute Gasteiger partial charge is 0.495 e. The average Bonchev–Trinajstić information content (AvgIpc) is 2.67. The summed E-state index contributed by atoms with van der Waals surface area (Å²) < 4.78 is 21.3. The highest BCUT2D eigenvalue weighted by molar-refractivity contribution is 6.11. The van der Waals surface area contributed by atoms with Gasteiger partial charge in [0.25, 0.3) is 0 Å². The van der Waals surface area contributed by atoms with Crippen LogP contribution in [-0.2, 0) is 0 Å². The minimum absolute atomic E-state index is 0.139. The zero-order valence-electron chi connectivity index (χ0n) is 15.6. The van der Waals surface area contributed by atoms with E-state index in [1.54, 1.807) is 50.4 Å². The molecule has 0 spiro atoms. The van der Waals surface area contributed by atoms with Crippen LogP contribution in [0.5, 0.6) is 23.0 Å². The number of methoxy groups -OCH3 is 4. The number of carbonyl (C=O) groups excluding carboxylic acids is 1. The maximum absolute atomic E-state index is 12.7. The molecule has 2 N–H and O–H groups in total. The topological polar surface area (TPSA) is 80.0 Å². The minimum Gasteiger partial charge on any atom is -0.495 e. The molecule has 0 bridgehead atoms. The van der Waals surface area contributed by atoms with E-state index in [4.69, 9.17) is 24.7 Å². The van der Waals surface area contributed by atoms with Crippen LogP contribution in [0.4, 0.5) is 5.69 Å². The highest BCUT2D eigenvalue weighted by Gasteiger charge is 2.16. The second-order valence-corrected chi connectivity index (χ2v) is 5.54. The quantitative estimate of drug-likeness (QED) is 0.463. The van der Waals surface area contributed by atoms with Crippen LogP contribution >= 0.6 is 0 Å². The molecule has 2 rings (SSSR count). The summed E-state index contributed by atoms with van der Waals surface area (Å²) in [5.41, 5.74) is 8.01. The Morgan fingerprint density at radius 2 is 1.54 bits per heavy atom. The first-order chi connectivity index (χ1) is 12.5. The summed E-state index contributed by atoms with van der Waals surface area (Å²) in [5, 5.41) is 0. The summed E-state index contributed by atoms with van der Waals surface area (Å²) in [6.07, 6.45) is 1.74. The third-order valence-electron chi connectivity index (χ3n) is 3.96. The van der Waals surface area contributed by atoms with Gasteiger partial charge in [-0.3, -0.25) is 4.79 Å². The van der Waals surface area contributed by atoms with Crippen LogP contribution in [-0.4, -0.2) is 34.2 Å². The Morgan fingerprint density at radius 1 is 0.885 bits per heavy atom. The number of benzene rings is 2. The molecule has 0 atom stereocenters. The zero-order valence-corrected chi connectivity index (χ0v) is 15.6. The van der Waals surface area contributed by atoms with Gasteiger partial charge < -0.3 is 24.7 Å². The number of hydrogen-bond acceptors (Lipinski definition) is 6. The van der Waals surface area contributed by atoms with E-state index in [9.17, 15) is 4.79 Å². The van der Waals surface area contributed by atoms with Gasteiger partial charge in [0.1, 0.15) is 5.75 Å². The van der Waals surface area contributed by atoms with Crippen molar-refractivity contribution in [1.29, 1.82) is 0 Å². The van der Waals surface area contributed by atoms with Crippen LogP contribution in [0.3, 0.4) is 0 Å². The zero-order chi connectivity index (χ0) is 19.3. The molecule has 0 aliphatic rings. The van der Waals surface area contributed by atoms with E-state index in [1.165, 1.54) is 21.3 Å². The number of carbonyl (C=O) groups is 1. The van der Waals surface area contributed by atoms with E-state index in [0.29, 0.717) is 45.4 Å². The van der Waals surface area contributed by atoms with E-state index in [-0.39, 0.29) is 5.78 Å². The Balaban J connectivity index is 2.44. The Morgan fingerprint density at radius 3 is 2.12 bits per heavy atom. The Labute approximate surface area is 153 Å². The predicted octanol–water partition coefficient (Wildman–Crippen LogP) is 3.59. The molecule has 0 heterocycles. The molecule has 6 heteroatoms. The van der Waals surface area contributed by atoms with E-state index < -0.39 is 0 Å². The summed E-state index contributed by atoms with van der Waals surface area (Å²) in [6, 6.07) is 8.51. The fourth-order valence-corrected chi connectivity index (χ4v) is 2.62. The fourth-order valence-electron chi connectivity index (χ4n) is 2.62. The molecule has 138 valence electrons. The average molecular weight is 357 g/mol. The predicted molar refractivity (Wildman–Crippen MR) is 101 cm³/mol. The SMILES string of the molecule is COc1cc(C(=O)C(C)=Cc2ccc(OC)c(OC)c2OC)ccc1N. The highest BCUT2D eigenvalue weighted by Crippen LogP contribution is 2.40. The standard InChI is InChI=1S/C20H23NO5/c1-12(18(22)13-6-8-15(21)17(11-13)24-3)10-14-7-9-16(23-2)20(26-5)19(14)25-4/h6-11H,21H2,1-5H3. The molecular weight excluding hydrogens is 334 g/mol. The lowest BCUT2D eigenvalue weighted by Crippen LogP contribution is -2.03. The van der Waals surface area contributed by atoms with E-state index in [1.807, 2.05) is 0 Å². The summed E-state index contributed by atoms with van der Waals surface area (Å²) >= 11 is 0. The lowest BCUT2D eigenvalue weighted by molar-refractivity contribution is 0.103. The van der Waals surface area contributed by atoms with Gasteiger partial charge in [0.05, 0.1) is 34.1 Å². The molecule has 2 aromatic carbocycles. The van der Waals surface area contributed by atoms with Crippen LogP contribution in [0, 0.1) is 0 Å². The molecule has 6 nitrogen and oxygen atoms in total. The Bertz CT molecular complexity index is 842. The molecule has 0 aliphatic carbocycles. The summed E-state index contributed by atoms with van der Waals surface area (Å²) in [6.45, 7) is 1.74. The number of ketones is 1. The lowest BCUT2D eigenvalue weighted by atomic mass is 10.0. The molecule has 0 aromatic heterocycles. The summed E-state index contributed by atoms with van der Waals surface area (Å²) in [7, 11) is 6.14. The number of allylic oxidation sites excluding steroid dienone is 1. The monoisotopic (exact) mass is 357 g/mol. The molecule has 26 heavy (non-hydrogen) atoms. The molecule has 0 saturated carbocycles. The summed E-state index contributed by atoms with van der Waals surface area (Å²) in [4.78, 5) is 12.7. The van der Waals surface area contributed by atoms with E-state index in [2.05, 4.69) is 0 Å². The molecule has 0 aliphatic heterocycles. The number of nitrogens with two attached hydrogens (primary N) is 1.